The largest absolute Gasteiger partial charge is 0.378 e. The van der Waals surface area contributed by atoms with Gasteiger partial charge in [0.1, 0.15) is 0 Å². The van der Waals surface area contributed by atoms with Gasteiger partial charge in [0.15, 0.2) is 11.6 Å². The van der Waals surface area contributed by atoms with Crippen molar-refractivity contribution in [2.75, 3.05) is 49.6 Å². The Kier molecular flexibility index (Phi) is 5.19. The van der Waals surface area contributed by atoms with E-state index < -0.39 is 0 Å². The molecule has 27 heavy (non-hydrogen) atoms. The summed E-state index contributed by atoms with van der Waals surface area (Å²) in [6.07, 6.45) is 3.59. The van der Waals surface area contributed by atoms with Crippen molar-refractivity contribution in [1.29, 1.82) is 0 Å². The molecule has 9 heteroatoms. The van der Waals surface area contributed by atoms with E-state index in [2.05, 4.69) is 25.3 Å². The van der Waals surface area contributed by atoms with Crippen LogP contribution in [0.25, 0.3) is 0 Å². The first kappa shape index (κ1) is 17.7. The molecule has 2 aliphatic rings. The van der Waals surface area contributed by atoms with Gasteiger partial charge in [0.2, 0.25) is 5.89 Å². The average molecular weight is 372 g/mol. The Labute approximate surface area is 157 Å². The number of hydrogen-bond donors (Lipinski definition) is 1. The van der Waals surface area contributed by atoms with Gasteiger partial charge in [-0.2, -0.15) is 4.98 Å². The van der Waals surface area contributed by atoms with Crippen molar-refractivity contribution in [3.05, 3.63) is 30.0 Å². The minimum atomic E-state index is -0.126. The number of carbonyl (C=O) groups is 1. The lowest BCUT2D eigenvalue weighted by atomic mass is 9.98. The van der Waals surface area contributed by atoms with Crippen LogP contribution in [0.4, 0.5) is 16.3 Å². The van der Waals surface area contributed by atoms with E-state index in [0.717, 1.165) is 37.4 Å². The maximum Gasteiger partial charge on any atom is 0.321 e. The van der Waals surface area contributed by atoms with E-state index in [-0.39, 0.29) is 11.9 Å². The van der Waals surface area contributed by atoms with Gasteiger partial charge in [-0.15, -0.1) is 0 Å². The molecule has 2 aromatic heterocycles. The van der Waals surface area contributed by atoms with E-state index in [9.17, 15) is 4.79 Å². The van der Waals surface area contributed by atoms with Gasteiger partial charge in [-0.05, 0) is 31.9 Å². The van der Waals surface area contributed by atoms with Gasteiger partial charge < -0.3 is 24.4 Å². The smallest absolute Gasteiger partial charge is 0.321 e. The Morgan fingerprint density at radius 2 is 2.15 bits per heavy atom. The number of hydrogen-bond acceptors (Lipinski definition) is 7. The van der Waals surface area contributed by atoms with Crippen LogP contribution in [0.1, 0.15) is 30.5 Å². The van der Waals surface area contributed by atoms with Crippen LogP contribution in [0.3, 0.4) is 0 Å². The summed E-state index contributed by atoms with van der Waals surface area (Å²) < 4.78 is 10.7. The van der Waals surface area contributed by atoms with E-state index in [1.165, 1.54) is 0 Å². The zero-order valence-corrected chi connectivity index (χ0v) is 15.4. The highest BCUT2D eigenvalue weighted by molar-refractivity contribution is 5.92. The molecular formula is C18H24N6O3. The molecule has 1 N–H and O–H groups in total. The van der Waals surface area contributed by atoms with Crippen molar-refractivity contribution >= 4 is 17.5 Å². The Balaban J connectivity index is 1.44. The van der Waals surface area contributed by atoms with Crippen LogP contribution in [0.15, 0.2) is 22.9 Å². The molecule has 4 rings (SSSR count). The fourth-order valence-electron chi connectivity index (χ4n) is 3.56. The van der Waals surface area contributed by atoms with Crippen molar-refractivity contribution in [2.45, 2.75) is 25.7 Å². The standard InChI is InChI=1S/C18H24N6O3/c1-13-20-17(27-22-13)14-4-3-7-24(12-14)18(25)21-15-5-2-6-19-16(15)23-8-10-26-11-9-23/h2,5-6,14H,3-4,7-12H2,1H3,(H,21,25). The van der Waals surface area contributed by atoms with Gasteiger partial charge in [-0.1, -0.05) is 5.16 Å². The van der Waals surface area contributed by atoms with Crippen LogP contribution >= 0.6 is 0 Å². The molecule has 2 fully saturated rings. The van der Waals surface area contributed by atoms with Crippen molar-refractivity contribution < 1.29 is 14.1 Å². The molecule has 9 nitrogen and oxygen atoms in total. The molecule has 0 aromatic carbocycles. The number of aryl methyl sites for hydroxylation is 1. The highest BCUT2D eigenvalue weighted by Crippen LogP contribution is 2.28. The Hall–Kier alpha value is -2.68. The third kappa shape index (κ3) is 4.02. The Morgan fingerprint density at radius 1 is 1.30 bits per heavy atom. The van der Waals surface area contributed by atoms with Gasteiger partial charge in [0, 0.05) is 32.4 Å². The maximum atomic E-state index is 12.9. The number of ether oxygens (including phenoxy) is 1. The molecule has 2 aromatic rings. The number of piperidine rings is 1. The molecule has 2 aliphatic heterocycles. The summed E-state index contributed by atoms with van der Waals surface area (Å²) in [5, 5.41) is 6.89. The fourth-order valence-corrected chi connectivity index (χ4v) is 3.56. The fraction of sp³-hybridized carbons (Fsp3) is 0.556. The van der Waals surface area contributed by atoms with Crippen molar-refractivity contribution in [3.8, 4) is 0 Å². The molecule has 0 saturated carbocycles. The topological polar surface area (TPSA) is 96.6 Å². The van der Waals surface area contributed by atoms with E-state index in [1.54, 1.807) is 13.1 Å². The van der Waals surface area contributed by atoms with E-state index >= 15 is 0 Å². The van der Waals surface area contributed by atoms with E-state index in [1.807, 2.05) is 17.0 Å². The SMILES string of the molecule is Cc1noc(C2CCCN(C(=O)Nc3cccnc3N3CCOCC3)C2)n1. The van der Waals surface area contributed by atoms with Crippen LogP contribution < -0.4 is 10.2 Å². The van der Waals surface area contributed by atoms with Gasteiger partial charge in [-0.25, -0.2) is 9.78 Å². The zero-order chi connectivity index (χ0) is 18.6. The lowest BCUT2D eigenvalue weighted by Gasteiger charge is -2.32. The monoisotopic (exact) mass is 372 g/mol. The number of nitrogens with zero attached hydrogens (tertiary/aromatic N) is 5. The second kappa shape index (κ2) is 7.91. The van der Waals surface area contributed by atoms with Gasteiger partial charge in [-0.3, -0.25) is 0 Å². The molecular weight excluding hydrogens is 348 g/mol. The molecule has 4 heterocycles. The van der Waals surface area contributed by atoms with E-state index in [0.29, 0.717) is 38.0 Å². The first-order valence-corrected chi connectivity index (χ1v) is 9.34. The molecule has 2 amide bonds. The number of urea groups is 1. The minimum Gasteiger partial charge on any atom is -0.378 e. The normalized spacial score (nSPS) is 20.6. The number of aromatic nitrogens is 3. The third-order valence-electron chi connectivity index (χ3n) is 4.94. The summed E-state index contributed by atoms with van der Waals surface area (Å²) in [6, 6.07) is 3.59. The molecule has 1 atom stereocenters. The number of nitrogens with one attached hydrogen (secondary N) is 1. The Bertz CT molecular complexity index is 789. The predicted molar refractivity (Wildman–Crippen MR) is 98.9 cm³/mol. The van der Waals surface area contributed by atoms with Gasteiger partial charge in [0.25, 0.3) is 0 Å². The maximum absolute atomic E-state index is 12.9. The summed E-state index contributed by atoms with van der Waals surface area (Å²) in [5.74, 6) is 2.10. The van der Waals surface area contributed by atoms with Crippen LogP contribution in [0.5, 0.6) is 0 Å². The van der Waals surface area contributed by atoms with Crippen LogP contribution in [0, 0.1) is 6.92 Å². The lowest BCUT2D eigenvalue weighted by molar-refractivity contribution is 0.122. The van der Waals surface area contributed by atoms with Gasteiger partial charge in [0.05, 0.1) is 24.8 Å². The number of pyridine rings is 1. The van der Waals surface area contributed by atoms with Crippen LogP contribution in [-0.2, 0) is 4.74 Å². The summed E-state index contributed by atoms with van der Waals surface area (Å²) in [7, 11) is 0. The molecule has 2 saturated heterocycles. The summed E-state index contributed by atoms with van der Waals surface area (Å²) >= 11 is 0. The molecule has 0 spiro atoms. The average Bonchev–Trinajstić information content (AvgIpc) is 3.15. The number of anilines is 2. The van der Waals surface area contributed by atoms with Crippen LogP contribution in [0.2, 0.25) is 0 Å². The van der Waals surface area contributed by atoms with Gasteiger partial charge >= 0.3 is 6.03 Å². The third-order valence-corrected chi connectivity index (χ3v) is 4.94. The highest BCUT2D eigenvalue weighted by atomic mass is 16.5. The zero-order valence-electron chi connectivity index (χ0n) is 15.4. The van der Waals surface area contributed by atoms with E-state index in [4.69, 9.17) is 9.26 Å². The number of rotatable bonds is 3. The highest BCUT2D eigenvalue weighted by Gasteiger charge is 2.29. The lowest BCUT2D eigenvalue weighted by Crippen LogP contribution is -2.42. The quantitative estimate of drug-likeness (QED) is 0.880. The molecule has 0 bridgehead atoms. The first-order chi connectivity index (χ1) is 13.2. The molecule has 144 valence electrons. The molecule has 0 aliphatic carbocycles. The Morgan fingerprint density at radius 3 is 2.93 bits per heavy atom. The first-order valence-electron chi connectivity index (χ1n) is 9.34. The summed E-state index contributed by atoms with van der Waals surface area (Å²) in [5.41, 5.74) is 0.722. The summed E-state index contributed by atoms with van der Waals surface area (Å²) in [4.78, 5) is 25.6. The number of amides is 2. The number of carbonyl (C=O) groups excluding carboxylic acids is 1. The second-order valence-electron chi connectivity index (χ2n) is 6.87. The van der Waals surface area contributed by atoms with Crippen molar-refractivity contribution in [2.24, 2.45) is 0 Å². The minimum absolute atomic E-state index is 0.0818. The number of likely N-dealkylation sites (tertiary alicyclic amines) is 1. The summed E-state index contributed by atoms with van der Waals surface area (Å²) in [6.45, 7) is 5.95. The van der Waals surface area contributed by atoms with Crippen LogP contribution in [-0.4, -0.2) is 65.4 Å². The second-order valence-corrected chi connectivity index (χ2v) is 6.87. The molecule has 1 unspecified atom stereocenters. The van der Waals surface area contributed by atoms with Crippen molar-refractivity contribution in [1.82, 2.24) is 20.0 Å². The van der Waals surface area contributed by atoms with Crippen molar-refractivity contribution in [3.63, 3.8) is 0 Å². The predicted octanol–water partition coefficient (Wildman–Crippen LogP) is 2.02. The number of morpholine rings is 1. The molecule has 0 radical (unpaired) electrons.